The fraction of sp³-hybridized carbons (Fsp3) is 0.593. The number of hydrogen-bond donors (Lipinski definition) is 2. The minimum Gasteiger partial charge on any atom is -0.457 e. The summed E-state index contributed by atoms with van der Waals surface area (Å²) in [4.78, 5) is 12.0. The third kappa shape index (κ3) is 2.71. The maximum Gasteiger partial charge on any atom is 0.264 e. The van der Waals surface area contributed by atoms with Gasteiger partial charge < -0.3 is 19.7 Å². The Kier molecular flexibility index (Phi) is 4.41. The van der Waals surface area contributed by atoms with Crippen molar-refractivity contribution in [3.8, 4) is 5.75 Å². The van der Waals surface area contributed by atoms with Crippen molar-refractivity contribution in [1.29, 1.82) is 0 Å². The van der Waals surface area contributed by atoms with Gasteiger partial charge in [-0.25, -0.2) is 4.39 Å². The number of aliphatic hydroxyl groups is 2. The van der Waals surface area contributed by atoms with Crippen molar-refractivity contribution < 1.29 is 28.9 Å². The Morgan fingerprint density at radius 1 is 1.21 bits per heavy atom. The highest BCUT2D eigenvalue weighted by atomic mass is 19.1. The highest BCUT2D eigenvalue weighted by molar-refractivity contribution is 6.01. The zero-order chi connectivity index (χ0) is 23.2. The lowest BCUT2D eigenvalue weighted by atomic mass is 9.45. The van der Waals surface area contributed by atoms with Gasteiger partial charge in [-0.2, -0.15) is 0 Å². The number of rotatable bonds is 3. The lowest BCUT2D eigenvalue weighted by Crippen LogP contribution is -2.65. The van der Waals surface area contributed by atoms with Crippen molar-refractivity contribution in [2.24, 2.45) is 28.6 Å². The van der Waals surface area contributed by atoms with Gasteiger partial charge in [0.15, 0.2) is 5.78 Å². The van der Waals surface area contributed by atoms with Crippen LogP contribution >= 0.6 is 0 Å². The largest absolute Gasteiger partial charge is 0.457 e. The van der Waals surface area contributed by atoms with Crippen LogP contribution in [0.25, 0.3) is 0 Å². The summed E-state index contributed by atoms with van der Waals surface area (Å²) in [7, 11) is 0. The Bertz CT molecular complexity index is 1050. The highest BCUT2D eigenvalue weighted by Gasteiger charge is 2.77. The van der Waals surface area contributed by atoms with E-state index in [1.54, 1.807) is 6.08 Å². The summed E-state index contributed by atoms with van der Waals surface area (Å²) in [5.41, 5.74) is -2.20. The Morgan fingerprint density at radius 3 is 2.64 bits per heavy atom. The zero-order valence-corrected chi connectivity index (χ0v) is 19.0. The Hall–Kier alpha value is -2.02. The topological polar surface area (TPSA) is 79.3 Å². The molecule has 33 heavy (non-hydrogen) atoms. The van der Waals surface area contributed by atoms with Gasteiger partial charge in [0, 0.05) is 16.7 Å². The molecule has 1 aromatic carbocycles. The zero-order valence-electron chi connectivity index (χ0n) is 19.0. The van der Waals surface area contributed by atoms with Crippen LogP contribution in [-0.2, 0) is 9.53 Å². The maximum absolute atomic E-state index is 15.5. The van der Waals surface area contributed by atoms with Gasteiger partial charge in [-0.15, -0.1) is 0 Å². The van der Waals surface area contributed by atoms with Crippen LogP contribution in [0.3, 0.4) is 0 Å². The van der Waals surface area contributed by atoms with Gasteiger partial charge in [-0.05, 0) is 67.4 Å². The number of ketones is 1. The molecule has 1 unspecified atom stereocenters. The number of carbonyl (C=O) groups is 1. The summed E-state index contributed by atoms with van der Waals surface area (Å²) >= 11 is 0. The molecule has 176 valence electrons. The van der Waals surface area contributed by atoms with E-state index in [1.165, 1.54) is 12.2 Å². The molecule has 4 aliphatic carbocycles. The number of hydrogen-bond acceptors (Lipinski definition) is 5. The van der Waals surface area contributed by atoms with E-state index < -0.39 is 34.5 Å². The lowest BCUT2D eigenvalue weighted by molar-refractivity contribution is -0.225. The molecule has 4 fully saturated rings. The quantitative estimate of drug-likeness (QED) is 0.680. The Morgan fingerprint density at radius 2 is 1.94 bits per heavy atom. The van der Waals surface area contributed by atoms with E-state index in [2.05, 4.69) is 0 Å². The summed E-state index contributed by atoms with van der Waals surface area (Å²) < 4.78 is 27.6. The smallest absolute Gasteiger partial charge is 0.264 e. The minimum atomic E-state index is -1.30. The van der Waals surface area contributed by atoms with Crippen LogP contribution in [0.1, 0.15) is 39.5 Å². The van der Waals surface area contributed by atoms with E-state index in [4.69, 9.17) is 9.47 Å². The summed E-state index contributed by atoms with van der Waals surface area (Å²) in [5.74, 6) is -1.02. The number of ether oxygens (including phenoxy) is 2. The fourth-order valence-corrected chi connectivity index (χ4v) is 8.09. The molecular weight excluding hydrogens is 423 g/mol. The fourth-order valence-electron chi connectivity index (χ4n) is 8.09. The lowest BCUT2D eigenvalue weighted by Gasteiger charge is -2.60. The molecule has 0 aromatic heterocycles. The molecule has 0 amide bonds. The maximum atomic E-state index is 15.5. The molecule has 1 heterocycles. The third-order valence-electron chi connectivity index (χ3n) is 9.69. The summed E-state index contributed by atoms with van der Waals surface area (Å²) in [6.07, 6.45) is 4.57. The van der Waals surface area contributed by atoms with Crippen molar-refractivity contribution in [2.45, 2.75) is 63.2 Å². The standard InChI is InChI=1S/C27H31FO5/c1-24-10-8-16(29)12-20(24)21(28)13-18-19-9-11-26(31,25(19,2)14-22(30)23(18)24)27(15-32-27)33-17-6-4-3-5-7-17/h3-8,10,12,18-19,21-23,30-31H,9,11,13-15H2,1-2H3/t18-,19-,21-,22-,23+,24-,25-,26+,27?/m0/s1. The van der Waals surface area contributed by atoms with Crippen LogP contribution < -0.4 is 4.74 Å². The van der Waals surface area contributed by atoms with Gasteiger partial charge in [0.1, 0.15) is 24.1 Å². The predicted molar refractivity (Wildman–Crippen MR) is 119 cm³/mol. The normalized spacial score (nSPS) is 50.2. The van der Waals surface area contributed by atoms with E-state index in [-0.39, 0.29) is 36.6 Å². The SMILES string of the molecule is C[C@]12C=CC(=O)C=C1[C@@H](F)C[C@@H]1[C@@H]2[C@@H](O)C[C@@]2(C)[C@H]1CC[C@]2(O)C1(Oc2ccccc2)CO1. The van der Waals surface area contributed by atoms with E-state index in [0.717, 1.165) is 0 Å². The van der Waals surface area contributed by atoms with Crippen molar-refractivity contribution in [1.82, 2.24) is 0 Å². The van der Waals surface area contributed by atoms with Crippen molar-refractivity contribution >= 4 is 5.78 Å². The number of halogens is 1. The average Bonchev–Trinajstić information content (AvgIpc) is 3.50. The summed E-state index contributed by atoms with van der Waals surface area (Å²) in [6, 6.07) is 9.34. The Balaban J connectivity index is 1.37. The van der Waals surface area contributed by atoms with Crippen LogP contribution in [0.15, 0.2) is 54.1 Å². The van der Waals surface area contributed by atoms with Crippen LogP contribution in [-0.4, -0.2) is 46.3 Å². The van der Waals surface area contributed by atoms with E-state index in [9.17, 15) is 15.0 Å². The first-order valence-electron chi connectivity index (χ1n) is 12.0. The average molecular weight is 455 g/mol. The molecule has 1 saturated heterocycles. The first kappa shape index (κ1) is 21.5. The van der Waals surface area contributed by atoms with Gasteiger partial charge in [0.2, 0.25) is 0 Å². The van der Waals surface area contributed by atoms with Crippen molar-refractivity contribution in [3.05, 3.63) is 54.1 Å². The number of alkyl halides is 1. The molecule has 5 aliphatic rings. The van der Waals surface area contributed by atoms with Gasteiger partial charge >= 0.3 is 0 Å². The molecule has 5 nitrogen and oxygen atoms in total. The number of carbonyl (C=O) groups excluding carboxylic acids is 1. The monoisotopic (exact) mass is 454 g/mol. The second-order valence-electron chi connectivity index (χ2n) is 11.2. The van der Waals surface area contributed by atoms with Crippen LogP contribution in [0.4, 0.5) is 4.39 Å². The summed E-state index contributed by atoms with van der Waals surface area (Å²) in [6.45, 7) is 4.25. The van der Waals surface area contributed by atoms with Crippen molar-refractivity contribution in [2.75, 3.05) is 6.61 Å². The first-order chi connectivity index (χ1) is 15.6. The molecule has 1 aromatic rings. The third-order valence-corrected chi connectivity index (χ3v) is 9.69. The molecule has 6 heteroatoms. The molecule has 0 radical (unpaired) electrons. The molecule has 9 atom stereocenters. The minimum absolute atomic E-state index is 0.0130. The number of fused-ring (bicyclic) bond motifs is 5. The van der Waals surface area contributed by atoms with Crippen LogP contribution in [0.2, 0.25) is 0 Å². The van der Waals surface area contributed by atoms with Crippen LogP contribution in [0.5, 0.6) is 5.75 Å². The molecule has 2 N–H and O–H groups in total. The number of benzene rings is 1. The second-order valence-corrected chi connectivity index (χ2v) is 11.2. The second kappa shape index (κ2) is 6.77. The predicted octanol–water partition coefficient (Wildman–Crippen LogP) is 3.75. The van der Waals surface area contributed by atoms with Gasteiger partial charge in [-0.1, -0.05) is 38.1 Å². The molecule has 3 saturated carbocycles. The van der Waals surface area contributed by atoms with E-state index in [0.29, 0.717) is 30.6 Å². The molecular formula is C27H31FO5. The molecule has 0 bridgehead atoms. The number of epoxide rings is 1. The van der Waals surface area contributed by atoms with Crippen molar-refractivity contribution in [3.63, 3.8) is 0 Å². The van der Waals surface area contributed by atoms with Crippen LogP contribution in [0, 0.1) is 28.6 Å². The van der Waals surface area contributed by atoms with Gasteiger partial charge in [-0.3, -0.25) is 4.79 Å². The number of aliphatic hydroxyl groups excluding tert-OH is 1. The number of allylic oxidation sites excluding steroid dienone is 4. The molecule has 6 rings (SSSR count). The molecule has 1 aliphatic heterocycles. The highest BCUT2D eigenvalue weighted by Crippen LogP contribution is 2.70. The van der Waals surface area contributed by atoms with Gasteiger partial charge in [0.05, 0.1) is 6.10 Å². The number of para-hydroxylation sites is 1. The van der Waals surface area contributed by atoms with Gasteiger partial charge in [0.25, 0.3) is 5.79 Å². The summed E-state index contributed by atoms with van der Waals surface area (Å²) in [5, 5.41) is 23.7. The van der Waals surface area contributed by atoms with E-state index in [1.807, 2.05) is 44.2 Å². The molecule has 0 spiro atoms. The first-order valence-corrected chi connectivity index (χ1v) is 12.0. The van der Waals surface area contributed by atoms with E-state index >= 15 is 4.39 Å². The Labute approximate surface area is 193 Å².